The lowest BCUT2D eigenvalue weighted by Gasteiger charge is -2.37. The van der Waals surface area contributed by atoms with E-state index in [2.05, 4.69) is 35.8 Å². The average molecular weight is 265 g/mol. The standard InChI is InChI=1S/C15H27N3O/c1-4-16-13(11-15-17-6-7-18(15)3)8-12-9-14(10-12)19-5-2/h6-7,12-14,16H,4-5,8-11H2,1-3H3. The number of aryl methyl sites for hydroxylation is 1. The van der Waals surface area contributed by atoms with Gasteiger partial charge in [0, 0.05) is 38.5 Å². The van der Waals surface area contributed by atoms with Crippen LogP contribution < -0.4 is 5.32 Å². The topological polar surface area (TPSA) is 39.1 Å². The minimum atomic E-state index is 0.519. The first-order valence-corrected chi connectivity index (χ1v) is 7.54. The largest absolute Gasteiger partial charge is 0.378 e. The van der Waals surface area contributed by atoms with Crippen molar-refractivity contribution in [2.24, 2.45) is 13.0 Å². The quantitative estimate of drug-likeness (QED) is 0.783. The first-order valence-electron chi connectivity index (χ1n) is 7.54. The highest BCUT2D eigenvalue weighted by molar-refractivity contribution is 4.96. The van der Waals surface area contributed by atoms with Crippen LogP contribution in [-0.4, -0.2) is 34.8 Å². The van der Waals surface area contributed by atoms with E-state index in [4.69, 9.17) is 4.74 Å². The first kappa shape index (κ1) is 14.5. The lowest BCUT2D eigenvalue weighted by Crippen LogP contribution is -2.39. The van der Waals surface area contributed by atoms with Crippen molar-refractivity contribution in [3.05, 3.63) is 18.2 Å². The summed E-state index contributed by atoms with van der Waals surface area (Å²) in [7, 11) is 2.07. The maximum absolute atomic E-state index is 5.64. The summed E-state index contributed by atoms with van der Waals surface area (Å²) in [5, 5.41) is 3.60. The molecule has 1 aromatic heterocycles. The van der Waals surface area contributed by atoms with E-state index in [0.29, 0.717) is 12.1 Å². The van der Waals surface area contributed by atoms with E-state index in [1.165, 1.54) is 25.1 Å². The normalized spacial score (nSPS) is 24.2. The zero-order valence-corrected chi connectivity index (χ0v) is 12.4. The molecule has 1 aromatic rings. The third kappa shape index (κ3) is 4.05. The molecule has 0 aliphatic heterocycles. The molecule has 19 heavy (non-hydrogen) atoms. The molecule has 1 aliphatic carbocycles. The Hall–Kier alpha value is -0.870. The second-order valence-corrected chi connectivity index (χ2v) is 5.56. The van der Waals surface area contributed by atoms with Gasteiger partial charge in [-0.2, -0.15) is 0 Å². The van der Waals surface area contributed by atoms with Crippen molar-refractivity contribution in [2.45, 2.75) is 51.7 Å². The second-order valence-electron chi connectivity index (χ2n) is 5.56. The van der Waals surface area contributed by atoms with Gasteiger partial charge >= 0.3 is 0 Å². The van der Waals surface area contributed by atoms with E-state index in [0.717, 1.165) is 25.5 Å². The molecule has 0 amide bonds. The Labute approximate surface area is 116 Å². The summed E-state index contributed by atoms with van der Waals surface area (Å²) in [5.41, 5.74) is 0. The molecule has 4 nitrogen and oxygen atoms in total. The van der Waals surface area contributed by atoms with Gasteiger partial charge in [-0.25, -0.2) is 4.98 Å². The van der Waals surface area contributed by atoms with Gasteiger partial charge < -0.3 is 14.6 Å². The number of nitrogens with one attached hydrogen (secondary N) is 1. The predicted octanol–water partition coefficient (Wildman–Crippen LogP) is 2.15. The maximum Gasteiger partial charge on any atom is 0.109 e. The second kappa shape index (κ2) is 7.06. The Morgan fingerprint density at radius 1 is 1.47 bits per heavy atom. The van der Waals surface area contributed by atoms with Gasteiger partial charge in [0.2, 0.25) is 0 Å². The Morgan fingerprint density at radius 3 is 2.84 bits per heavy atom. The van der Waals surface area contributed by atoms with Crippen LogP contribution in [0.25, 0.3) is 0 Å². The van der Waals surface area contributed by atoms with Gasteiger partial charge in [-0.1, -0.05) is 6.92 Å². The Kier molecular flexibility index (Phi) is 5.40. The van der Waals surface area contributed by atoms with Crippen LogP contribution in [0.15, 0.2) is 12.4 Å². The number of ether oxygens (including phenoxy) is 1. The number of rotatable bonds is 8. The molecule has 1 heterocycles. The highest BCUT2D eigenvalue weighted by atomic mass is 16.5. The molecule has 1 unspecified atom stereocenters. The molecule has 1 saturated carbocycles. The van der Waals surface area contributed by atoms with Crippen LogP contribution in [0.5, 0.6) is 0 Å². The zero-order chi connectivity index (χ0) is 13.7. The number of likely N-dealkylation sites (N-methyl/N-ethyl adjacent to an activating group) is 1. The van der Waals surface area contributed by atoms with Gasteiger partial charge in [0.25, 0.3) is 0 Å². The monoisotopic (exact) mass is 265 g/mol. The van der Waals surface area contributed by atoms with Crippen molar-refractivity contribution < 1.29 is 4.74 Å². The van der Waals surface area contributed by atoms with E-state index in [-0.39, 0.29) is 0 Å². The van der Waals surface area contributed by atoms with Gasteiger partial charge in [-0.05, 0) is 38.6 Å². The van der Waals surface area contributed by atoms with Crippen LogP contribution in [0.3, 0.4) is 0 Å². The molecule has 0 spiro atoms. The van der Waals surface area contributed by atoms with Crippen molar-refractivity contribution in [3.8, 4) is 0 Å². The van der Waals surface area contributed by atoms with Crippen LogP contribution in [0.2, 0.25) is 0 Å². The molecule has 1 aliphatic rings. The summed E-state index contributed by atoms with van der Waals surface area (Å²) in [6, 6.07) is 0.540. The third-order valence-electron chi connectivity index (χ3n) is 4.06. The summed E-state index contributed by atoms with van der Waals surface area (Å²) in [6.07, 6.45) is 9.15. The van der Waals surface area contributed by atoms with Crippen molar-refractivity contribution in [2.75, 3.05) is 13.2 Å². The van der Waals surface area contributed by atoms with Crippen molar-refractivity contribution in [1.29, 1.82) is 0 Å². The fourth-order valence-corrected chi connectivity index (χ4v) is 2.98. The molecule has 2 rings (SSSR count). The summed E-state index contributed by atoms with van der Waals surface area (Å²) in [4.78, 5) is 4.43. The van der Waals surface area contributed by atoms with Crippen LogP contribution in [0.1, 0.15) is 38.9 Å². The Balaban J connectivity index is 1.79. The van der Waals surface area contributed by atoms with Crippen molar-refractivity contribution in [1.82, 2.24) is 14.9 Å². The van der Waals surface area contributed by atoms with Crippen LogP contribution in [0.4, 0.5) is 0 Å². The van der Waals surface area contributed by atoms with Crippen LogP contribution in [-0.2, 0) is 18.2 Å². The molecule has 0 aromatic carbocycles. The lowest BCUT2D eigenvalue weighted by atomic mass is 9.77. The molecule has 0 bridgehead atoms. The molecule has 0 radical (unpaired) electrons. The Morgan fingerprint density at radius 2 is 2.26 bits per heavy atom. The minimum Gasteiger partial charge on any atom is -0.378 e. The minimum absolute atomic E-state index is 0.519. The number of hydrogen-bond donors (Lipinski definition) is 1. The highest BCUT2D eigenvalue weighted by Crippen LogP contribution is 2.33. The van der Waals surface area contributed by atoms with E-state index < -0.39 is 0 Å². The summed E-state index contributed by atoms with van der Waals surface area (Å²) in [5.74, 6) is 1.99. The van der Waals surface area contributed by atoms with Gasteiger partial charge in [0.1, 0.15) is 5.82 Å². The third-order valence-corrected chi connectivity index (χ3v) is 4.06. The molecular weight excluding hydrogens is 238 g/mol. The molecule has 0 saturated heterocycles. The molecule has 1 N–H and O–H groups in total. The number of imidazole rings is 1. The van der Waals surface area contributed by atoms with E-state index in [1.807, 2.05) is 12.4 Å². The maximum atomic E-state index is 5.64. The number of hydrogen-bond acceptors (Lipinski definition) is 3. The van der Waals surface area contributed by atoms with Crippen molar-refractivity contribution in [3.63, 3.8) is 0 Å². The van der Waals surface area contributed by atoms with Crippen molar-refractivity contribution >= 4 is 0 Å². The van der Waals surface area contributed by atoms with Gasteiger partial charge in [-0.15, -0.1) is 0 Å². The summed E-state index contributed by atoms with van der Waals surface area (Å²) >= 11 is 0. The van der Waals surface area contributed by atoms with Gasteiger partial charge in [-0.3, -0.25) is 0 Å². The van der Waals surface area contributed by atoms with Crippen LogP contribution in [0, 0.1) is 5.92 Å². The summed E-state index contributed by atoms with van der Waals surface area (Å²) < 4.78 is 7.76. The molecule has 1 fully saturated rings. The number of aromatic nitrogens is 2. The highest BCUT2D eigenvalue weighted by Gasteiger charge is 2.31. The number of nitrogens with zero attached hydrogens (tertiary/aromatic N) is 2. The van der Waals surface area contributed by atoms with Gasteiger partial charge in [0.05, 0.1) is 6.10 Å². The van der Waals surface area contributed by atoms with E-state index in [1.54, 1.807) is 0 Å². The zero-order valence-electron chi connectivity index (χ0n) is 12.4. The van der Waals surface area contributed by atoms with Crippen LogP contribution >= 0.6 is 0 Å². The average Bonchev–Trinajstić information content (AvgIpc) is 2.73. The van der Waals surface area contributed by atoms with E-state index >= 15 is 0 Å². The molecular formula is C15H27N3O. The SMILES string of the molecule is CCNC(Cc1nccn1C)CC1CC(OCC)C1. The first-order chi connectivity index (χ1) is 9.22. The fraction of sp³-hybridized carbons (Fsp3) is 0.800. The molecule has 108 valence electrons. The summed E-state index contributed by atoms with van der Waals surface area (Å²) in [6.45, 7) is 6.13. The molecule has 4 heteroatoms. The van der Waals surface area contributed by atoms with E-state index in [9.17, 15) is 0 Å². The Bertz CT molecular complexity index is 371. The fourth-order valence-electron chi connectivity index (χ4n) is 2.98. The lowest BCUT2D eigenvalue weighted by molar-refractivity contribution is -0.0290. The van der Waals surface area contributed by atoms with Gasteiger partial charge in [0.15, 0.2) is 0 Å². The smallest absolute Gasteiger partial charge is 0.109 e. The molecule has 1 atom stereocenters. The predicted molar refractivity (Wildman–Crippen MR) is 77.1 cm³/mol.